The Labute approximate surface area is 114 Å². The van der Waals surface area contributed by atoms with Crippen LogP contribution in [-0.2, 0) is 4.79 Å². The first-order valence-corrected chi connectivity index (χ1v) is 8.01. The molecule has 1 unspecified atom stereocenters. The second kappa shape index (κ2) is 14.5. The quantitative estimate of drug-likeness (QED) is 0.350. The summed E-state index contributed by atoms with van der Waals surface area (Å²) in [4.78, 5) is 10.2. The minimum absolute atomic E-state index is 0.348. The summed E-state index contributed by atoms with van der Waals surface area (Å²) in [6.45, 7) is 4.34. The molecule has 1 atom stereocenters. The Bertz CT molecular complexity index is 170. The van der Waals surface area contributed by atoms with Crippen molar-refractivity contribution in [3.8, 4) is 0 Å². The molecular weight excluding hydrogens is 222 g/mol. The molecule has 0 aromatic heterocycles. The predicted molar refractivity (Wildman–Crippen MR) is 79.7 cm³/mol. The Hall–Kier alpha value is -0.530. The number of unbranched alkanes of at least 4 members (excludes halogenated alkanes) is 10. The van der Waals surface area contributed by atoms with Crippen LogP contribution in [0, 0.1) is 0 Å². The summed E-state index contributed by atoms with van der Waals surface area (Å²) in [7, 11) is 0. The maximum Gasteiger partial charge on any atom is 0.207 e. The van der Waals surface area contributed by atoms with E-state index in [-0.39, 0.29) is 0 Å². The van der Waals surface area contributed by atoms with Crippen molar-refractivity contribution in [1.29, 1.82) is 0 Å². The van der Waals surface area contributed by atoms with Crippen LogP contribution in [0.15, 0.2) is 0 Å². The number of hydrogen-bond donors (Lipinski definition) is 1. The molecule has 0 saturated carbocycles. The second-order valence-electron chi connectivity index (χ2n) is 5.51. The van der Waals surface area contributed by atoms with Crippen molar-refractivity contribution in [1.82, 2.24) is 5.32 Å². The van der Waals surface area contributed by atoms with E-state index in [1.807, 2.05) is 0 Å². The molecule has 0 aliphatic heterocycles. The fourth-order valence-corrected chi connectivity index (χ4v) is 2.31. The van der Waals surface area contributed by atoms with Gasteiger partial charge in [0.1, 0.15) is 0 Å². The van der Waals surface area contributed by atoms with E-state index in [0.29, 0.717) is 6.04 Å². The van der Waals surface area contributed by atoms with E-state index in [4.69, 9.17) is 0 Å². The molecule has 18 heavy (non-hydrogen) atoms. The summed E-state index contributed by atoms with van der Waals surface area (Å²) in [5, 5.41) is 2.80. The molecule has 1 amide bonds. The van der Waals surface area contributed by atoms with E-state index in [2.05, 4.69) is 19.2 Å². The molecule has 0 fully saturated rings. The summed E-state index contributed by atoms with van der Waals surface area (Å²) in [5.41, 5.74) is 0. The third kappa shape index (κ3) is 13.5. The molecule has 0 spiro atoms. The van der Waals surface area contributed by atoms with Crippen LogP contribution >= 0.6 is 0 Å². The SMILES string of the molecule is CCCCCCCCCCCCCC(C)NC=O. The highest BCUT2D eigenvalue weighted by molar-refractivity contribution is 5.46. The van der Waals surface area contributed by atoms with Gasteiger partial charge in [-0.15, -0.1) is 0 Å². The van der Waals surface area contributed by atoms with Gasteiger partial charge in [-0.2, -0.15) is 0 Å². The predicted octanol–water partition coefficient (Wildman–Crippen LogP) is 4.82. The second-order valence-corrected chi connectivity index (χ2v) is 5.51. The smallest absolute Gasteiger partial charge is 0.207 e. The molecule has 0 aliphatic carbocycles. The number of carbonyl (C=O) groups is 1. The summed E-state index contributed by atoms with van der Waals surface area (Å²) in [6.07, 6.45) is 17.1. The summed E-state index contributed by atoms with van der Waals surface area (Å²) in [6, 6.07) is 0.348. The van der Waals surface area contributed by atoms with Gasteiger partial charge in [-0.25, -0.2) is 0 Å². The van der Waals surface area contributed by atoms with Crippen molar-refractivity contribution in [3.05, 3.63) is 0 Å². The van der Waals surface area contributed by atoms with Crippen LogP contribution in [0.2, 0.25) is 0 Å². The van der Waals surface area contributed by atoms with Crippen LogP contribution in [0.5, 0.6) is 0 Å². The molecule has 0 heterocycles. The van der Waals surface area contributed by atoms with E-state index in [1.165, 1.54) is 70.6 Å². The van der Waals surface area contributed by atoms with E-state index in [1.54, 1.807) is 0 Å². The minimum Gasteiger partial charge on any atom is -0.356 e. The summed E-state index contributed by atoms with van der Waals surface area (Å²) < 4.78 is 0. The van der Waals surface area contributed by atoms with Crippen molar-refractivity contribution < 1.29 is 4.79 Å². The number of rotatable bonds is 14. The Balaban J connectivity index is 3.00. The zero-order valence-corrected chi connectivity index (χ0v) is 12.5. The maximum atomic E-state index is 10.2. The Kier molecular flexibility index (Phi) is 14.1. The molecular formula is C16H33NO. The molecule has 0 aromatic carbocycles. The molecule has 0 aliphatic rings. The van der Waals surface area contributed by atoms with Gasteiger partial charge < -0.3 is 5.32 Å². The van der Waals surface area contributed by atoms with Crippen LogP contribution < -0.4 is 5.32 Å². The van der Waals surface area contributed by atoms with Gasteiger partial charge in [-0.05, 0) is 13.3 Å². The fourth-order valence-electron chi connectivity index (χ4n) is 2.31. The molecule has 1 N–H and O–H groups in total. The van der Waals surface area contributed by atoms with Gasteiger partial charge in [-0.1, -0.05) is 77.6 Å². The monoisotopic (exact) mass is 255 g/mol. The van der Waals surface area contributed by atoms with Crippen LogP contribution in [0.4, 0.5) is 0 Å². The average Bonchev–Trinajstić information content (AvgIpc) is 2.36. The van der Waals surface area contributed by atoms with Gasteiger partial charge in [0, 0.05) is 6.04 Å². The zero-order valence-electron chi connectivity index (χ0n) is 12.5. The molecule has 0 aromatic rings. The van der Waals surface area contributed by atoms with Gasteiger partial charge in [0.2, 0.25) is 6.41 Å². The van der Waals surface area contributed by atoms with E-state index in [9.17, 15) is 4.79 Å². The molecule has 0 radical (unpaired) electrons. The van der Waals surface area contributed by atoms with Crippen molar-refractivity contribution in [3.63, 3.8) is 0 Å². The van der Waals surface area contributed by atoms with E-state index >= 15 is 0 Å². The first kappa shape index (κ1) is 17.5. The normalized spacial score (nSPS) is 12.3. The van der Waals surface area contributed by atoms with Crippen molar-refractivity contribution in [2.24, 2.45) is 0 Å². The van der Waals surface area contributed by atoms with E-state index < -0.39 is 0 Å². The molecule has 2 nitrogen and oxygen atoms in total. The van der Waals surface area contributed by atoms with Gasteiger partial charge in [0.15, 0.2) is 0 Å². The minimum atomic E-state index is 0.348. The number of carbonyl (C=O) groups excluding carboxylic acids is 1. The molecule has 0 saturated heterocycles. The van der Waals surface area contributed by atoms with Crippen molar-refractivity contribution in [2.45, 2.75) is 96.9 Å². The molecule has 108 valence electrons. The lowest BCUT2D eigenvalue weighted by atomic mass is 10.0. The molecule has 2 heteroatoms. The number of nitrogens with one attached hydrogen (secondary N) is 1. The standard InChI is InChI=1S/C16H33NO/c1-3-4-5-6-7-8-9-10-11-12-13-14-16(2)17-15-18/h15-16H,3-14H2,1-2H3,(H,17,18). The first-order valence-electron chi connectivity index (χ1n) is 8.01. The van der Waals surface area contributed by atoms with Crippen LogP contribution in [0.25, 0.3) is 0 Å². The highest BCUT2D eigenvalue weighted by Gasteiger charge is 1.98. The Morgan fingerprint density at radius 3 is 1.72 bits per heavy atom. The van der Waals surface area contributed by atoms with Crippen LogP contribution in [0.3, 0.4) is 0 Å². The van der Waals surface area contributed by atoms with Gasteiger partial charge in [0.25, 0.3) is 0 Å². The largest absolute Gasteiger partial charge is 0.356 e. The topological polar surface area (TPSA) is 29.1 Å². The molecule has 0 rings (SSSR count). The van der Waals surface area contributed by atoms with Gasteiger partial charge in [0.05, 0.1) is 0 Å². The molecule has 0 bridgehead atoms. The third-order valence-electron chi connectivity index (χ3n) is 3.59. The van der Waals surface area contributed by atoms with E-state index in [0.717, 1.165) is 12.8 Å². The van der Waals surface area contributed by atoms with Crippen LogP contribution in [0.1, 0.15) is 90.9 Å². The fraction of sp³-hybridized carbons (Fsp3) is 0.938. The van der Waals surface area contributed by atoms with Crippen molar-refractivity contribution in [2.75, 3.05) is 0 Å². The highest BCUT2D eigenvalue weighted by Crippen LogP contribution is 2.12. The van der Waals surface area contributed by atoms with Crippen LogP contribution in [-0.4, -0.2) is 12.5 Å². The Morgan fingerprint density at radius 2 is 1.28 bits per heavy atom. The maximum absolute atomic E-state index is 10.2. The highest BCUT2D eigenvalue weighted by atomic mass is 16.1. The van der Waals surface area contributed by atoms with Gasteiger partial charge in [-0.3, -0.25) is 4.79 Å². The number of hydrogen-bond acceptors (Lipinski definition) is 1. The lowest BCUT2D eigenvalue weighted by Crippen LogP contribution is -2.23. The Morgan fingerprint density at radius 1 is 0.833 bits per heavy atom. The van der Waals surface area contributed by atoms with Gasteiger partial charge >= 0.3 is 0 Å². The number of amides is 1. The summed E-state index contributed by atoms with van der Waals surface area (Å²) in [5.74, 6) is 0. The zero-order chi connectivity index (χ0) is 13.5. The third-order valence-corrected chi connectivity index (χ3v) is 3.59. The summed E-state index contributed by atoms with van der Waals surface area (Å²) >= 11 is 0. The lowest BCUT2D eigenvalue weighted by Gasteiger charge is -2.09. The van der Waals surface area contributed by atoms with Crippen molar-refractivity contribution >= 4 is 6.41 Å². The first-order chi connectivity index (χ1) is 8.81. The average molecular weight is 255 g/mol. The lowest BCUT2D eigenvalue weighted by molar-refractivity contribution is -0.110.